The van der Waals surface area contributed by atoms with E-state index >= 15 is 0 Å². The maximum atomic E-state index is 10.7. The van der Waals surface area contributed by atoms with Gasteiger partial charge in [0, 0.05) is 6.21 Å². The van der Waals surface area contributed by atoms with Crippen molar-refractivity contribution in [1.29, 1.82) is 0 Å². The number of hydrogen-bond acceptors (Lipinski definition) is 7. The van der Waals surface area contributed by atoms with Crippen molar-refractivity contribution in [2.45, 2.75) is 6.92 Å². The number of nitrogens with one attached hydrogen (secondary N) is 1. The summed E-state index contributed by atoms with van der Waals surface area (Å²) in [6.07, 6.45) is 5.97. The van der Waals surface area contributed by atoms with Crippen LogP contribution in [-0.4, -0.2) is 21.1 Å². The Morgan fingerprint density at radius 1 is 1.62 bits per heavy atom. The van der Waals surface area contributed by atoms with Gasteiger partial charge < -0.3 is 5.73 Å². The predicted molar refractivity (Wildman–Crippen MR) is 60.0 cm³/mol. The number of nitrogens with zero attached hydrogens (tertiary/aromatic N) is 4. The maximum absolute atomic E-state index is 10.7. The van der Waals surface area contributed by atoms with E-state index in [1.165, 1.54) is 6.21 Å². The van der Waals surface area contributed by atoms with Crippen molar-refractivity contribution >= 4 is 23.5 Å². The number of nitro groups is 1. The standard InChI is InChI=1S/C8H10N6O2/c1-2-3-4-12-13-8-6(14(15)16)7(9)10-5-11-8/h2-5H,1H3,(H3,9,10,11,13)/b3-2+,12-4-. The summed E-state index contributed by atoms with van der Waals surface area (Å²) in [5.41, 5.74) is 7.38. The van der Waals surface area contributed by atoms with Crippen LogP contribution in [0.3, 0.4) is 0 Å². The average molecular weight is 222 g/mol. The van der Waals surface area contributed by atoms with E-state index in [9.17, 15) is 10.1 Å². The zero-order chi connectivity index (χ0) is 12.0. The van der Waals surface area contributed by atoms with Crippen molar-refractivity contribution in [3.8, 4) is 0 Å². The fourth-order valence-electron chi connectivity index (χ4n) is 0.882. The van der Waals surface area contributed by atoms with Crippen molar-refractivity contribution in [3.63, 3.8) is 0 Å². The smallest absolute Gasteiger partial charge is 0.354 e. The highest BCUT2D eigenvalue weighted by atomic mass is 16.6. The van der Waals surface area contributed by atoms with Crippen LogP contribution < -0.4 is 11.2 Å². The molecule has 0 bridgehead atoms. The Labute approximate surface area is 91.0 Å². The van der Waals surface area contributed by atoms with Crippen molar-refractivity contribution in [2.24, 2.45) is 5.10 Å². The van der Waals surface area contributed by atoms with Crippen LogP contribution in [0.2, 0.25) is 0 Å². The molecule has 8 nitrogen and oxygen atoms in total. The molecule has 0 aliphatic heterocycles. The normalized spacial score (nSPS) is 11.1. The molecule has 1 heterocycles. The Morgan fingerprint density at radius 3 is 3.00 bits per heavy atom. The molecule has 0 spiro atoms. The van der Waals surface area contributed by atoms with Gasteiger partial charge in [0.15, 0.2) is 0 Å². The molecule has 3 N–H and O–H groups in total. The number of hydrogen-bond donors (Lipinski definition) is 2. The summed E-state index contributed by atoms with van der Waals surface area (Å²) in [6, 6.07) is 0. The predicted octanol–water partition coefficient (Wildman–Crippen LogP) is 0.941. The molecule has 0 aliphatic rings. The lowest BCUT2D eigenvalue weighted by Gasteiger charge is -2.01. The average Bonchev–Trinajstić information content (AvgIpc) is 2.24. The minimum atomic E-state index is -0.664. The van der Waals surface area contributed by atoms with E-state index in [1.807, 2.05) is 6.92 Å². The summed E-state index contributed by atoms with van der Waals surface area (Å²) in [7, 11) is 0. The molecule has 0 fully saturated rings. The van der Waals surface area contributed by atoms with Crippen LogP contribution in [0.5, 0.6) is 0 Å². The molecule has 0 unspecified atom stereocenters. The number of nitrogens with two attached hydrogens (primary N) is 1. The van der Waals surface area contributed by atoms with Crippen molar-refractivity contribution in [1.82, 2.24) is 9.97 Å². The van der Waals surface area contributed by atoms with E-state index < -0.39 is 4.92 Å². The van der Waals surface area contributed by atoms with Gasteiger partial charge in [0.2, 0.25) is 11.6 Å². The first-order valence-corrected chi connectivity index (χ1v) is 4.32. The fourth-order valence-corrected chi connectivity index (χ4v) is 0.882. The van der Waals surface area contributed by atoms with E-state index in [-0.39, 0.29) is 17.3 Å². The fraction of sp³-hybridized carbons (Fsp3) is 0.125. The summed E-state index contributed by atoms with van der Waals surface area (Å²) in [5.74, 6) is -0.248. The molecule has 0 amide bonds. The molecule has 1 rings (SSSR count). The second kappa shape index (κ2) is 5.39. The first kappa shape index (κ1) is 11.6. The van der Waals surface area contributed by atoms with Crippen LogP contribution in [0.4, 0.5) is 17.3 Å². The van der Waals surface area contributed by atoms with Gasteiger partial charge in [-0.1, -0.05) is 6.08 Å². The Morgan fingerprint density at radius 2 is 2.38 bits per heavy atom. The first-order valence-electron chi connectivity index (χ1n) is 4.32. The molecule has 1 aromatic rings. The van der Waals surface area contributed by atoms with E-state index in [0.29, 0.717) is 0 Å². The van der Waals surface area contributed by atoms with Crippen molar-refractivity contribution in [2.75, 3.05) is 11.2 Å². The highest BCUT2D eigenvalue weighted by Crippen LogP contribution is 2.25. The third kappa shape index (κ3) is 2.74. The van der Waals surface area contributed by atoms with Crippen molar-refractivity contribution in [3.05, 3.63) is 28.6 Å². The monoisotopic (exact) mass is 222 g/mol. The van der Waals surface area contributed by atoms with Crippen LogP contribution in [0.15, 0.2) is 23.6 Å². The van der Waals surface area contributed by atoms with Crippen LogP contribution in [-0.2, 0) is 0 Å². The summed E-state index contributed by atoms with van der Waals surface area (Å²) < 4.78 is 0. The molecule has 84 valence electrons. The minimum absolute atomic E-state index is 0.0433. The quantitative estimate of drug-likeness (QED) is 0.444. The van der Waals surface area contributed by atoms with Crippen LogP contribution in [0.1, 0.15) is 6.92 Å². The third-order valence-electron chi connectivity index (χ3n) is 1.56. The highest BCUT2D eigenvalue weighted by molar-refractivity contribution is 5.73. The molecule has 8 heteroatoms. The molecule has 16 heavy (non-hydrogen) atoms. The second-order valence-corrected chi connectivity index (χ2v) is 2.63. The Hall–Kier alpha value is -2.51. The second-order valence-electron chi connectivity index (χ2n) is 2.63. The molecule has 0 aliphatic carbocycles. The topological polar surface area (TPSA) is 119 Å². The summed E-state index contributed by atoms with van der Waals surface area (Å²) in [6.45, 7) is 1.82. The minimum Gasteiger partial charge on any atom is -0.378 e. The van der Waals surface area contributed by atoms with Gasteiger partial charge in [-0.3, -0.25) is 15.5 Å². The third-order valence-corrected chi connectivity index (χ3v) is 1.56. The number of rotatable bonds is 4. The van der Waals surface area contributed by atoms with Gasteiger partial charge in [0.25, 0.3) is 0 Å². The molecular formula is C8H10N6O2. The number of nitrogen functional groups attached to an aromatic ring is 1. The molecule has 1 aromatic heterocycles. The van der Waals surface area contributed by atoms with Gasteiger partial charge in [-0.15, -0.1) is 0 Å². The molecule has 0 radical (unpaired) electrons. The molecule has 0 atom stereocenters. The summed E-state index contributed by atoms with van der Waals surface area (Å²) >= 11 is 0. The van der Waals surface area contributed by atoms with Crippen molar-refractivity contribution < 1.29 is 4.92 Å². The Balaban J connectivity index is 2.95. The summed E-state index contributed by atoms with van der Waals surface area (Å²) in [5, 5.41) is 14.4. The first-order chi connectivity index (χ1) is 7.66. The molecule has 0 aromatic carbocycles. The van der Waals surface area contributed by atoms with Crippen LogP contribution in [0.25, 0.3) is 0 Å². The number of hydrazone groups is 1. The zero-order valence-electron chi connectivity index (χ0n) is 8.49. The lowest BCUT2D eigenvalue weighted by Crippen LogP contribution is -2.04. The molecular weight excluding hydrogens is 212 g/mol. The molecule has 0 saturated carbocycles. The van der Waals surface area contributed by atoms with Gasteiger partial charge in [0.1, 0.15) is 6.33 Å². The zero-order valence-corrected chi connectivity index (χ0v) is 8.49. The van der Waals surface area contributed by atoms with Gasteiger partial charge >= 0.3 is 5.69 Å². The number of anilines is 2. The largest absolute Gasteiger partial charge is 0.378 e. The highest BCUT2D eigenvalue weighted by Gasteiger charge is 2.20. The lowest BCUT2D eigenvalue weighted by atomic mass is 10.4. The van der Waals surface area contributed by atoms with Gasteiger partial charge in [-0.25, -0.2) is 9.97 Å². The number of aromatic nitrogens is 2. The van der Waals surface area contributed by atoms with Crippen LogP contribution >= 0.6 is 0 Å². The Bertz CT molecular complexity index is 442. The van der Waals surface area contributed by atoms with E-state index in [2.05, 4.69) is 20.5 Å². The van der Waals surface area contributed by atoms with Crippen LogP contribution in [0, 0.1) is 10.1 Å². The Kier molecular flexibility index (Phi) is 3.90. The maximum Gasteiger partial charge on any atom is 0.354 e. The lowest BCUT2D eigenvalue weighted by molar-refractivity contribution is -0.383. The number of allylic oxidation sites excluding steroid dienone is 2. The summed E-state index contributed by atoms with van der Waals surface area (Å²) in [4.78, 5) is 17.2. The van der Waals surface area contributed by atoms with E-state index in [1.54, 1.807) is 12.2 Å². The SMILES string of the molecule is C/C=C/C=N\Nc1ncnc(N)c1[N+](=O)[O-]. The van der Waals surface area contributed by atoms with Gasteiger partial charge in [-0.05, 0) is 13.0 Å². The van der Waals surface area contributed by atoms with E-state index in [0.717, 1.165) is 6.33 Å². The van der Waals surface area contributed by atoms with E-state index in [4.69, 9.17) is 5.73 Å². The molecule has 0 saturated heterocycles. The van der Waals surface area contributed by atoms with Gasteiger partial charge in [0.05, 0.1) is 4.92 Å². The van der Waals surface area contributed by atoms with Gasteiger partial charge in [-0.2, -0.15) is 5.10 Å².